The summed E-state index contributed by atoms with van der Waals surface area (Å²) < 4.78 is 37.5. The smallest absolute Gasteiger partial charge is 0.492 e. The summed E-state index contributed by atoms with van der Waals surface area (Å²) in [5, 5.41) is 11.5. The van der Waals surface area contributed by atoms with Crippen LogP contribution in [0, 0.1) is 10.1 Å². The van der Waals surface area contributed by atoms with Gasteiger partial charge >= 0.3 is 8.80 Å². The van der Waals surface area contributed by atoms with E-state index in [1.54, 1.807) is 21.3 Å². The van der Waals surface area contributed by atoms with E-state index in [9.17, 15) is 10.1 Å². The van der Waals surface area contributed by atoms with Crippen molar-refractivity contribution in [2.45, 2.75) is 25.5 Å². The van der Waals surface area contributed by atoms with Crippen LogP contribution < -0.4 is 14.2 Å². The molecule has 0 fully saturated rings. The Bertz CT molecular complexity index is 629. The summed E-state index contributed by atoms with van der Waals surface area (Å²) in [4.78, 5) is 11.0. The lowest BCUT2D eigenvalue weighted by Gasteiger charge is -2.24. The molecule has 0 saturated heterocycles. The van der Waals surface area contributed by atoms with Crippen LogP contribution in [0.4, 0.5) is 5.69 Å². The number of hydrogen-bond acceptors (Lipinski definition) is 9. The van der Waals surface area contributed by atoms with Crippen molar-refractivity contribution >= 4 is 14.5 Å². The predicted molar refractivity (Wildman–Crippen MR) is 103 cm³/mol. The molecule has 0 spiro atoms. The highest BCUT2D eigenvalue weighted by Crippen LogP contribution is 2.45. The summed E-state index contributed by atoms with van der Waals surface area (Å²) in [5.41, 5.74) is 0.138. The molecule has 0 amide bonds. The molecule has 0 aliphatic heterocycles. The molecule has 0 bridgehead atoms. The minimum atomic E-state index is -2.60. The van der Waals surface area contributed by atoms with E-state index in [0.717, 1.165) is 6.42 Å². The van der Waals surface area contributed by atoms with Gasteiger partial charge in [0, 0.05) is 34.0 Å². The van der Waals surface area contributed by atoms with Crippen molar-refractivity contribution in [3.63, 3.8) is 0 Å². The molecule has 0 heterocycles. The molecule has 0 N–H and O–H groups in total. The monoisotopic (exact) mass is 419 g/mol. The van der Waals surface area contributed by atoms with Crippen molar-refractivity contribution in [2.75, 3.05) is 49.3 Å². The first-order valence-corrected chi connectivity index (χ1v) is 10.6. The Morgan fingerprint density at radius 3 is 2.00 bits per heavy atom. The van der Waals surface area contributed by atoms with Gasteiger partial charge in [-0.2, -0.15) is 0 Å². The molecular weight excluding hydrogens is 390 g/mol. The van der Waals surface area contributed by atoms with Crippen LogP contribution in [0.5, 0.6) is 17.2 Å². The molecule has 0 saturated carbocycles. The SMILES string of the molecule is COc1cc([N+](=O)[O-])c(COCCCC[Si](OC)(OC)OC)c(OC)c1OC. The third kappa shape index (κ3) is 5.79. The van der Waals surface area contributed by atoms with E-state index in [2.05, 4.69) is 0 Å². The third-order valence-electron chi connectivity index (χ3n) is 4.31. The molecule has 1 rings (SSSR count). The van der Waals surface area contributed by atoms with Gasteiger partial charge < -0.3 is 32.2 Å². The summed E-state index contributed by atoms with van der Waals surface area (Å²) in [7, 11) is 6.36. The van der Waals surface area contributed by atoms with E-state index in [1.807, 2.05) is 0 Å². The fraction of sp³-hybridized carbons (Fsp3) is 0.647. The molecule has 1 aromatic carbocycles. The van der Waals surface area contributed by atoms with Crippen LogP contribution in [0.25, 0.3) is 0 Å². The summed E-state index contributed by atoms with van der Waals surface area (Å²) in [6, 6.07) is 1.95. The first-order chi connectivity index (χ1) is 13.4. The Kier molecular flexibility index (Phi) is 10.2. The average Bonchev–Trinajstić information content (AvgIpc) is 2.72. The molecule has 0 aliphatic rings. The number of nitrogens with zero attached hydrogens (tertiary/aromatic N) is 1. The fourth-order valence-electron chi connectivity index (χ4n) is 2.78. The number of nitro benzene ring substituents is 1. The highest BCUT2D eigenvalue weighted by atomic mass is 28.4. The number of nitro groups is 1. The normalized spacial score (nSPS) is 11.4. The van der Waals surface area contributed by atoms with Crippen molar-refractivity contribution in [2.24, 2.45) is 0 Å². The molecule has 11 heteroatoms. The van der Waals surface area contributed by atoms with Crippen LogP contribution in [0.1, 0.15) is 18.4 Å². The van der Waals surface area contributed by atoms with E-state index in [4.69, 9.17) is 32.2 Å². The minimum Gasteiger partial charge on any atom is -0.492 e. The Hall–Kier alpha value is -1.92. The zero-order chi connectivity index (χ0) is 21.2. The first-order valence-electron chi connectivity index (χ1n) is 8.62. The lowest BCUT2D eigenvalue weighted by atomic mass is 10.1. The second-order valence-corrected chi connectivity index (χ2v) is 8.80. The summed E-state index contributed by atoms with van der Waals surface area (Å²) in [6.07, 6.45) is 1.49. The number of ether oxygens (including phenoxy) is 4. The Balaban J connectivity index is 2.79. The molecule has 0 atom stereocenters. The minimum absolute atomic E-state index is 0.00124. The van der Waals surface area contributed by atoms with E-state index in [1.165, 1.54) is 27.4 Å². The number of benzene rings is 1. The molecule has 160 valence electrons. The second-order valence-electron chi connectivity index (χ2n) is 5.71. The Labute approximate surface area is 166 Å². The number of methoxy groups -OCH3 is 3. The molecule has 0 aromatic heterocycles. The van der Waals surface area contributed by atoms with Crippen LogP contribution in [0.15, 0.2) is 6.07 Å². The highest BCUT2D eigenvalue weighted by molar-refractivity contribution is 6.60. The van der Waals surface area contributed by atoms with E-state index >= 15 is 0 Å². The van der Waals surface area contributed by atoms with Gasteiger partial charge in [0.2, 0.25) is 5.75 Å². The molecule has 10 nitrogen and oxygen atoms in total. The van der Waals surface area contributed by atoms with Gasteiger partial charge in [0.05, 0.1) is 38.9 Å². The average molecular weight is 420 g/mol. The topological polar surface area (TPSA) is 108 Å². The molecule has 28 heavy (non-hydrogen) atoms. The molecular formula is C17H29NO9Si. The van der Waals surface area contributed by atoms with Crippen molar-refractivity contribution in [3.05, 3.63) is 21.7 Å². The lowest BCUT2D eigenvalue weighted by molar-refractivity contribution is -0.386. The Morgan fingerprint density at radius 2 is 1.54 bits per heavy atom. The fourth-order valence-corrected chi connectivity index (χ4v) is 4.58. The van der Waals surface area contributed by atoms with Crippen LogP contribution in [0.2, 0.25) is 6.04 Å². The summed E-state index contributed by atoms with van der Waals surface area (Å²) in [6.45, 7) is 0.400. The quantitative estimate of drug-likeness (QED) is 0.195. The number of unbranched alkanes of at least 4 members (excludes halogenated alkanes) is 1. The maximum Gasteiger partial charge on any atom is 0.500 e. The van der Waals surface area contributed by atoms with Gasteiger partial charge in [0.25, 0.3) is 5.69 Å². The maximum absolute atomic E-state index is 11.5. The lowest BCUT2D eigenvalue weighted by Crippen LogP contribution is -2.42. The second kappa shape index (κ2) is 11.8. The summed E-state index contributed by atoms with van der Waals surface area (Å²) in [5.74, 6) is 0.721. The van der Waals surface area contributed by atoms with Crippen molar-refractivity contribution in [1.29, 1.82) is 0 Å². The van der Waals surface area contributed by atoms with Crippen LogP contribution in [-0.4, -0.2) is 63.0 Å². The van der Waals surface area contributed by atoms with E-state index in [-0.39, 0.29) is 29.5 Å². The van der Waals surface area contributed by atoms with Crippen molar-refractivity contribution in [3.8, 4) is 17.2 Å². The van der Waals surface area contributed by atoms with E-state index < -0.39 is 13.7 Å². The van der Waals surface area contributed by atoms with Gasteiger partial charge in [-0.25, -0.2) is 0 Å². The largest absolute Gasteiger partial charge is 0.500 e. The standard InChI is InChI=1S/C17H29NO9Si/c1-21-15-11-14(18(19)20)13(16(22-2)17(15)23-3)12-27-9-7-8-10-28(24-4,25-5)26-6/h11H,7-10,12H2,1-6H3. The van der Waals surface area contributed by atoms with Gasteiger partial charge in [0.1, 0.15) is 5.56 Å². The Morgan fingerprint density at radius 1 is 0.929 bits per heavy atom. The van der Waals surface area contributed by atoms with E-state index in [0.29, 0.717) is 24.6 Å². The number of hydrogen-bond donors (Lipinski definition) is 0. The zero-order valence-corrected chi connectivity index (χ0v) is 18.2. The molecule has 0 aliphatic carbocycles. The first kappa shape index (κ1) is 24.1. The molecule has 0 radical (unpaired) electrons. The summed E-state index contributed by atoms with van der Waals surface area (Å²) >= 11 is 0. The van der Waals surface area contributed by atoms with Crippen LogP contribution in [0.3, 0.4) is 0 Å². The molecule has 1 aromatic rings. The number of rotatable bonds is 14. The maximum atomic E-state index is 11.5. The van der Waals surface area contributed by atoms with Gasteiger partial charge in [-0.05, 0) is 12.8 Å². The highest BCUT2D eigenvalue weighted by Gasteiger charge is 2.36. The van der Waals surface area contributed by atoms with Crippen molar-refractivity contribution in [1.82, 2.24) is 0 Å². The van der Waals surface area contributed by atoms with Gasteiger partial charge in [0.15, 0.2) is 11.5 Å². The van der Waals surface area contributed by atoms with Gasteiger partial charge in [-0.1, -0.05) is 0 Å². The third-order valence-corrected chi connectivity index (χ3v) is 7.14. The predicted octanol–water partition coefficient (Wildman–Crippen LogP) is 2.80. The molecule has 0 unspecified atom stereocenters. The van der Waals surface area contributed by atoms with Crippen molar-refractivity contribution < 1.29 is 37.1 Å². The van der Waals surface area contributed by atoms with Crippen LogP contribution in [-0.2, 0) is 24.6 Å². The van der Waals surface area contributed by atoms with Gasteiger partial charge in [-0.15, -0.1) is 0 Å². The zero-order valence-electron chi connectivity index (χ0n) is 17.2. The van der Waals surface area contributed by atoms with Crippen LogP contribution >= 0.6 is 0 Å². The van der Waals surface area contributed by atoms with Gasteiger partial charge in [-0.3, -0.25) is 10.1 Å².